The Morgan fingerprint density at radius 1 is 0.373 bits per heavy atom. The summed E-state index contributed by atoms with van der Waals surface area (Å²) in [6.07, 6.45) is 1.95. The Kier molecular flexibility index (Phi) is 12.6. The lowest BCUT2D eigenvalue weighted by atomic mass is 9.74. The minimum Gasteiger partial charge on any atom is -0.457 e. The van der Waals surface area contributed by atoms with E-state index in [2.05, 4.69) is 289 Å². The molecular weight excluding hydrogens is 913 g/mol. The number of benzene rings is 7. The first-order chi connectivity index (χ1) is 35.2. The van der Waals surface area contributed by atoms with Gasteiger partial charge in [-0.3, -0.25) is 4.57 Å². The highest BCUT2D eigenvalue weighted by molar-refractivity contribution is 6.09. The van der Waals surface area contributed by atoms with Crippen LogP contribution >= 0.6 is 0 Å². The van der Waals surface area contributed by atoms with Crippen LogP contribution in [0.3, 0.4) is 0 Å². The van der Waals surface area contributed by atoms with Crippen LogP contribution in [0.15, 0.2) is 170 Å². The van der Waals surface area contributed by atoms with Crippen molar-refractivity contribution < 1.29 is 4.74 Å². The largest absolute Gasteiger partial charge is 0.457 e. The van der Waals surface area contributed by atoms with E-state index in [4.69, 9.17) is 9.72 Å². The number of rotatable bonds is 9. The Labute approximate surface area is 448 Å². The van der Waals surface area contributed by atoms with Gasteiger partial charge in [0.1, 0.15) is 24.0 Å². The lowest BCUT2D eigenvalue weighted by molar-refractivity contribution is 0.480. The first-order valence-electron chi connectivity index (χ1n) is 27.0. The topological polar surface area (TPSA) is 33.5 Å². The number of ether oxygens (including phenoxy) is 1. The average molecular weight is 991 g/mol. The second kappa shape index (κ2) is 18.3. The highest BCUT2D eigenvalue weighted by Crippen LogP contribution is 2.52. The van der Waals surface area contributed by atoms with Crippen molar-refractivity contribution in [3.05, 3.63) is 214 Å². The summed E-state index contributed by atoms with van der Waals surface area (Å²) in [7, 11) is 0. The van der Waals surface area contributed by atoms with Gasteiger partial charge >= 0.3 is 0 Å². The van der Waals surface area contributed by atoms with Gasteiger partial charge in [-0.05, 0) is 133 Å². The van der Waals surface area contributed by atoms with Crippen molar-refractivity contribution in [3.63, 3.8) is 0 Å². The predicted molar refractivity (Wildman–Crippen MR) is 319 cm³/mol. The number of hydrogen-bond acceptors (Lipinski definition) is 4. The maximum Gasteiger partial charge on any atom is 0.137 e. The van der Waals surface area contributed by atoms with Gasteiger partial charge < -0.3 is 14.5 Å². The molecule has 0 saturated heterocycles. The molecular formula is C70H78N4O. The zero-order chi connectivity index (χ0) is 53.6. The van der Waals surface area contributed by atoms with Gasteiger partial charge in [-0.1, -0.05) is 196 Å². The summed E-state index contributed by atoms with van der Waals surface area (Å²) in [6, 6.07) is 60.5. The monoisotopic (exact) mass is 991 g/mol. The van der Waals surface area contributed by atoms with Gasteiger partial charge in [0.05, 0.1) is 22.4 Å². The summed E-state index contributed by atoms with van der Waals surface area (Å²) in [6.45, 7) is 38.0. The lowest BCUT2D eigenvalue weighted by Gasteiger charge is -2.32. The van der Waals surface area contributed by atoms with Crippen molar-refractivity contribution >= 4 is 44.6 Å². The van der Waals surface area contributed by atoms with Crippen molar-refractivity contribution in [1.29, 1.82) is 0 Å². The zero-order valence-electron chi connectivity index (χ0n) is 47.6. The maximum absolute atomic E-state index is 7.25. The molecule has 0 saturated carbocycles. The molecule has 75 heavy (non-hydrogen) atoms. The van der Waals surface area contributed by atoms with Crippen molar-refractivity contribution in [2.24, 2.45) is 0 Å². The predicted octanol–water partition coefficient (Wildman–Crippen LogP) is 19.1. The van der Waals surface area contributed by atoms with E-state index in [1.165, 1.54) is 67.0 Å². The van der Waals surface area contributed by atoms with Gasteiger partial charge in [-0.25, -0.2) is 4.98 Å². The number of para-hydroxylation sites is 1. The molecule has 0 spiro atoms. The molecule has 0 bridgehead atoms. The van der Waals surface area contributed by atoms with Crippen LogP contribution in [0.4, 0.5) is 22.7 Å². The van der Waals surface area contributed by atoms with E-state index in [1.807, 2.05) is 6.20 Å². The molecule has 5 heteroatoms. The van der Waals surface area contributed by atoms with Gasteiger partial charge in [0.25, 0.3) is 0 Å². The molecule has 10 rings (SSSR count). The molecule has 0 fully saturated rings. The standard InChI is InChI=1S/C70H78N4O/c1-65(2,3)49-35-50(66(4,5)6)37-52(36-49)72-45-73(63-44-59(68(10,11)12)58(43-62(63)72)67(7,8)9)53-38-51(70(15,16)47-27-21-18-22-28-47)39-55(41-53)75-54-31-32-57-56-29-23-24-30-60(56)74(61(57)42-54)64-40-48(33-34-71-64)69(13,14)46-25-19-17-20-26-46/h17-44H,45H2,1-16H3. The van der Waals surface area contributed by atoms with E-state index in [-0.39, 0.29) is 32.5 Å². The molecule has 0 atom stereocenters. The maximum atomic E-state index is 7.25. The Morgan fingerprint density at radius 3 is 1.41 bits per heavy atom. The highest BCUT2D eigenvalue weighted by atomic mass is 16.5. The SMILES string of the molecule is CC(C)(C)c1cc(N2CN(c3cc(Oc4ccc5c6ccccc6n(-c6cc(C(C)(C)c7ccccc7)ccn6)c5c4)cc(C(C)(C)c4ccccc4)c3)c3cc(C(C)(C)C)c(C(C)(C)C)cc32)cc(C(C)(C)C)c1. The van der Waals surface area contributed by atoms with E-state index in [0.29, 0.717) is 6.67 Å². The van der Waals surface area contributed by atoms with E-state index >= 15 is 0 Å². The zero-order valence-corrected chi connectivity index (χ0v) is 47.6. The highest BCUT2D eigenvalue weighted by Gasteiger charge is 2.37. The third kappa shape index (κ3) is 9.64. The van der Waals surface area contributed by atoms with Crippen LogP contribution in [0.25, 0.3) is 27.6 Å². The molecule has 9 aromatic rings. The quantitative estimate of drug-likeness (QED) is 0.144. The number of hydrogen-bond donors (Lipinski definition) is 0. The first kappa shape index (κ1) is 51.4. The number of pyridine rings is 1. The Morgan fingerprint density at radius 2 is 0.867 bits per heavy atom. The fourth-order valence-electron chi connectivity index (χ4n) is 11.1. The molecule has 0 aliphatic carbocycles. The molecule has 0 N–H and O–H groups in total. The van der Waals surface area contributed by atoms with Gasteiger partial charge in [0, 0.05) is 51.3 Å². The number of nitrogens with zero attached hydrogens (tertiary/aromatic N) is 4. The summed E-state index contributed by atoms with van der Waals surface area (Å²) in [4.78, 5) is 10.2. The number of aromatic nitrogens is 2. The van der Waals surface area contributed by atoms with Crippen LogP contribution in [-0.2, 0) is 32.5 Å². The van der Waals surface area contributed by atoms with E-state index in [9.17, 15) is 0 Å². The molecule has 0 radical (unpaired) electrons. The number of fused-ring (bicyclic) bond motifs is 4. The summed E-state index contributed by atoms with van der Waals surface area (Å²) in [5.41, 5.74) is 16.3. The van der Waals surface area contributed by atoms with Gasteiger partial charge in [-0.2, -0.15) is 0 Å². The molecule has 3 heterocycles. The van der Waals surface area contributed by atoms with Crippen molar-refractivity contribution in [1.82, 2.24) is 9.55 Å². The van der Waals surface area contributed by atoms with Crippen molar-refractivity contribution in [2.75, 3.05) is 16.5 Å². The van der Waals surface area contributed by atoms with Gasteiger partial charge in [-0.15, -0.1) is 0 Å². The van der Waals surface area contributed by atoms with E-state index in [0.717, 1.165) is 39.4 Å². The third-order valence-electron chi connectivity index (χ3n) is 16.0. The van der Waals surface area contributed by atoms with Crippen molar-refractivity contribution in [2.45, 2.75) is 143 Å². The Balaban J connectivity index is 1.15. The fraction of sp³-hybridized carbons (Fsp3) is 0.329. The van der Waals surface area contributed by atoms with Crippen molar-refractivity contribution in [3.8, 4) is 17.3 Å². The van der Waals surface area contributed by atoms with Gasteiger partial charge in [0.2, 0.25) is 0 Å². The molecule has 0 unspecified atom stereocenters. The fourth-order valence-corrected chi connectivity index (χ4v) is 11.1. The lowest BCUT2D eigenvalue weighted by Crippen LogP contribution is -2.26. The second-order valence-electron chi connectivity index (χ2n) is 26.4. The molecule has 2 aromatic heterocycles. The van der Waals surface area contributed by atoms with Crippen LogP contribution in [0.1, 0.15) is 155 Å². The minimum atomic E-state index is -0.354. The molecule has 5 nitrogen and oxygen atoms in total. The minimum absolute atomic E-state index is 0.0360. The Hall–Kier alpha value is -7.11. The summed E-state index contributed by atoms with van der Waals surface area (Å²) in [5, 5.41) is 2.32. The molecule has 0 amide bonds. The van der Waals surface area contributed by atoms with Crippen LogP contribution in [-0.4, -0.2) is 16.2 Å². The van der Waals surface area contributed by atoms with Crippen LogP contribution in [0.5, 0.6) is 11.5 Å². The van der Waals surface area contributed by atoms with Crippen LogP contribution in [0, 0.1) is 0 Å². The molecule has 1 aliphatic heterocycles. The second-order valence-corrected chi connectivity index (χ2v) is 26.4. The molecule has 384 valence electrons. The normalized spacial score (nSPS) is 13.8. The van der Waals surface area contributed by atoms with Crippen LogP contribution < -0.4 is 14.5 Å². The third-order valence-corrected chi connectivity index (χ3v) is 16.0. The summed E-state index contributed by atoms with van der Waals surface area (Å²) < 4.78 is 9.56. The Bertz CT molecular complexity index is 3560. The smallest absolute Gasteiger partial charge is 0.137 e. The van der Waals surface area contributed by atoms with Crippen LogP contribution in [0.2, 0.25) is 0 Å². The van der Waals surface area contributed by atoms with Gasteiger partial charge in [0.15, 0.2) is 0 Å². The van der Waals surface area contributed by atoms with E-state index in [1.54, 1.807) is 0 Å². The van der Waals surface area contributed by atoms with E-state index < -0.39 is 0 Å². The number of anilines is 4. The molecule has 1 aliphatic rings. The summed E-state index contributed by atoms with van der Waals surface area (Å²) >= 11 is 0. The average Bonchev–Trinajstić information content (AvgIpc) is 3.93. The summed E-state index contributed by atoms with van der Waals surface area (Å²) in [5.74, 6) is 2.41. The first-order valence-corrected chi connectivity index (χ1v) is 27.0. The molecule has 7 aromatic carbocycles.